The van der Waals surface area contributed by atoms with E-state index in [1.54, 1.807) is 0 Å². The second kappa shape index (κ2) is 9.89. The van der Waals surface area contributed by atoms with Crippen LogP contribution < -0.4 is 0 Å². The van der Waals surface area contributed by atoms with E-state index in [0.717, 1.165) is 0 Å². The number of hydrogen-bond donors (Lipinski definition) is 0. The average Bonchev–Trinajstić information content (AvgIpc) is 2.61. The summed E-state index contributed by atoms with van der Waals surface area (Å²) in [5.41, 5.74) is -5.70. The minimum atomic E-state index is -7.98. The second-order valence-corrected chi connectivity index (χ2v) is 7.66. The molecule has 0 rings (SSSR count). The van der Waals surface area contributed by atoms with Crippen molar-refractivity contribution in [3.63, 3.8) is 0 Å². The van der Waals surface area contributed by atoms with Gasteiger partial charge in [-0.25, -0.2) is 12.8 Å². The van der Waals surface area contributed by atoms with Crippen molar-refractivity contribution in [3.05, 3.63) is 0 Å². The molecule has 0 aliphatic rings. The molecule has 0 aromatic carbocycles. The van der Waals surface area contributed by atoms with E-state index in [9.17, 15) is 65.7 Å². The van der Waals surface area contributed by atoms with Crippen molar-refractivity contribution in [2.75, 3.05) is 26.2 Å². The van der Waals surface area contributed by atoms with E-state index in [1.807, 2.05) is 0 Å². The van der Waals surface area contributed by atoms with Gasteiger partial charge in [-0.15, -0.1) is 0 Å². The number of alkyl halides is 12. The third-order valence-electron chi connectivity index (χ3n) is 4.79. The molecular formula is C14H21F12NO3S. The molecule has 0 aromatic heterocycles. The normalized spacial score (nSPS) is 15.9. The van der Waals surface area contributed by atoms with Gasteiger partial charge < -0.3 is 9.04 Å². The van der Waals surface area contributed by atoms with Crippen LogP contribution in [0.5, 0.6) is 0 Å². The summed E-state index contributed by atoms with van der Waals surface area (Å²) in [4.78, 5) is 0. The molecule has 1 atom stereocenters. The zero-order valence-electron chi connectivity index (χ0n) is 16.5. The average molecular weight is 511 g/mol. The highest BCUT2D eigenvalue weighted by atomic mass is 32.2. The van der Waals surface area contributed by atoms with Crippen LogP contribution in [0.15, 0.2) is 0 Å². The third-order valence-corrected chi connectivity index (χ3v) is 5.59. The third kappa shape index (κ3) is 6.09. The van der Waals surface area contributed by atoms with E-state index in [0.29, 0.717) is 0 Å². The molecule has 0 bridgehead atoms. The topological polar surface area (TPSA) is 57.2 Å². The van der Waals surface area contributed by atoms with Crippen LogP contribution in [0.1, 0.15) is 27.7 Å². The van der Waals surface area contributed by atoms with Gasteiger partial charge in [-0.1, -0.05) is 0 Å². The second-order valence-electron chi connectivity index (χ2n) is 6.26. The van der Waals surface area contributed by atoms with E-state index in [-0.39, 0.29) is 0 Å². The van der Waals surface area contributed by atoms with Gasteiger partial charge in [-0.3, -0.25) is 0 Å². The summed E-state index contributed by atoms with van der Waals surface area (Å²) in [5, 5.41) is 0. The molecule has 17 heteroatoms. The van der Waals surface area contributed by atoms with Gasteiger partial charge >= 0.3 is 29.9 Å². The fourth-order valence-electron chi connectivity index (χ4n) is 2.25. The van der Waals surface area contributed by atoms with Gasteiger partial charge in [0.2, 0.25) is 0 Å². The minimum absolute atomic E-state index is 1.28. The zero-order valence-corrected chi connectivity index (χ0v) is 17.3. The summed E-state index contributed by atoms with van der Waals surface area (Å²) in [5.74, 6) is -31.0. The molecule has 0 fully saturated rings. The van der Waals surface area contributed by atoms with Crippen molar-refractivity contribution in [2.24, 2.45) is 0 Å². The lowest BCUT2D eigenvalue weighted by molar-refractivity contribution is -0.921. The Balaban J connectivity index is 0. The van der Waals surface area contributed by atoms with Gasteiger partial charge in [-0.05, 0) is 27.7 Å². The van der Waals surface area contributed by atoms with Gasteiger partial charge in [-0.2, -0.15) is 48.3 Å². The van der Waals surface area contributed by atoms with Crippen LogP contribution in [0, 0.1) is 0 Å². The molecule has 0 heterocycles. The quantitative estimate of drug-likeness (QED) is 0.254. The number of quaternary nitrogens is 1. The molecule has 0 aliphatic heterocycles. The van der Waals surface area contributed by atoms with E-state index in [2.05, 4.69) is 27.7 Å². The monoisotopic (exact) mass is 511 g/mol. The van der Waals surface area contributed by atoms with Crippen molar-refractivity contribution in [3.8, 4) is 0 Å². The van der Waals surface area contributed by atoms with E-state index < -0.39 is 45.5 Å². The van der Waals surface area contributed by atoms with E-state index in [4.69, 9.17) is 0 Å². The SMILES string of the molecule is CC[N+](CC)(CC)CC.O=S(=O)([O-])C(F)C(F)(F)C(F)(F)C(F)(F)C(F)(F)C(F)(F)F. The molecule has 4 nitrogen and oxygen atoms in total. The van der Waals surface area contributed by atoms with Gasteiger partial charge in [0.15, 0.2) is 0 Å². The Morgan fingerprint density at radius 2 is 0.968 bits per heavy atom. The maximum atomic E-state index is 12.7. The summed E-state index contributed by atoms with van der Waals surface area (Å²) >= 11 is 0. The molecule has 0 spiro atoms. The Kier molecular flexibility index (Phi) is 10.3. The van der Waals surface area contributed by atoms with Gasteiger partial charge in [0, 0.05) is 0 Å². The van der Waals surface area contributed by atoms with Gasteiger partial charge in [0.1, 0.15) is 10.1 Å². The van der Waals surface area contributed by atoms with Crippen LogP contribution in [0.25, 0.3) is 0 Å². The van der Waals surface area contributed by atoms with Crippen LogP contribution in [0.2, 0.25) is 0 Å². The molecule has 1 unspecified atom stereocenters. The Labute approximate surface area is 170 Å². The highest BCUT2D eigenvalue weighted by Gasteiger charge is 2.88. The van der Waals surface area contributed by atoms with Crippen molar-refractivity contribution in [1.29, 1.82) is 0 Å². The van der Waals surface area contributed by atoms with E-state index >= 15 is 0 Å². The maximum Gasteiger partial charge on any atom is 0.460 e. The molecule has 31 heavy (non-hydrogen) atoms. The predicted molar refractivity (Wildman–Crippen MR) is 82.9 cm³/mol. The van der Waals surface area contributed by atoms with Crippen LogP contribution in [-0.4, -0.2) is 79.0 Å². The lowest BCUT2D eigenvalue weighted by Gasteiger charge is -2.38. The first-order valence-electron chi connectivity index (χ1n) is 8.41. The first-order chi connectivity index (χ1) is 13.4. The van der Waals surface area contributed by atoms with E-state index in [1.165, 1.54) is 30.7 Å². The lowest BCUT2D eigenvalue weighted by Crippen LogP contribution is -2.68. The number of hydrogen-bond acceptors (Lipinski definition) is 3. The Morgan fingerprint density at radius 3 is 1.13 bits per heavy atom. The molecule has 0 saturated carbocycles. The van der Waals surface area contributed by atoms with Crippen LogP contribution in [-0.2, 0) is 10.1 Å². The summed E-state index contributed by atoms with van der Waals surface area (Å²) in [6.07, 6.45) is -7.47. The predicted octanol–water partition coefficient (Wildman–Crippen LogP) is 4.81. The molecule has 0 N–H and O–H groups in total. The molecular weight excluding hydrogens is 490 g/mol. The summed E-state index contributed by atoms with van der Waals surface area (Å²) in [6, 6.07) is 0. The maximum absolute atomic E-state index is 12.7. The van der Waals surface area contributed by atoms with Crippen molar-refractivity contribution >= 4 is 10.1 Å². The highest BCUT2D eigenvalue weighted by Crippen LogP contribution is 2.58. The largest absolute Gasteiger partial charge is 0.746 e. The van der Waals surface area contributed by atoms with Crippen LogP contribution in [0.3, 0.4) is 0 Å². The fraction of sp³-hybridized carbons (Fsp3) is 1.00. The highest BCUT2D eigenvalue weighted by molar-refractivity contribution is 7.86. The molecule has 0 amide bonds. The summed E-state index contributed by atoms with van der Waals surface area (Å²) in [7, 11) is -7.09. The molecule has 190 valence electrons. The van der Waals surface area contributed by atoms with Crippen LogP contribution in [0.4, 0.5) is 52.7 Å². The smallest absolute Gasteiger partial charge is 0.460 e. The van der Waals surface area contributed by atoms with Crippen molar-refractivity contribution in [1.82, 2.24) is 0 Å². The Bertz CT molecular complexity index is 657. The fourth-order valence-corrected chi connectivity index (χ4v) is 2.76. The zero-order chi connectivity index (χ0) is 25.9. The number of nitrogens with zero attached hydrogens (tertiary/aromatic N) is 1. The first-order valence-corrected chi connectivity index (χ1v) is 9.89. The molecule has 0 aromatic rings. The molecule has 0 saturated heterocycles. The number of rotatable bonds is 9. The lowest BCUT2D eigenvalue weighted by atomic mass is 9.99. The minimum Gasteiger partial charge on any atom is -0.746 e. The van der Waals surface area contributed by atoms with Crippen LogP contribution >= 0.6 is 0 Å². The van der Waals surface area contributed by atoms with Gasteiger partial charge in [0.05, 0.1) is 26.2 Å². The standard InChI is InChI=1S/C8H20N.C6H2F12O3S/c1-5-9(6-2,7-3)8-4;7-1(22(19,20)21)2(8,9)3(10,11)4(12,13)5(14,15)6(16,17)18/h5-8H2,1-4H3;1H,(H,19,20,21)/q+1;/p-1. The molecule has 0 aliphatic carbocycles. The summed E-state index contributed by atoms with van der Waals surface area (Å²) < 4.78 is 178. The van der Waals surface area contributed by atoms with Crippen molar-refractivity contribution in [2.45, 2.75) is 63.1 Å². The van der Waals surface area contributed by atoms with Crippen molar-refractivity contribution < 1.29 is 70.1 Å². The number of halogens is 12. The summed E-state index contributed by atoms with van der Waals surface area (Å²) in [6.45, 7) is 14.2. The Morgan fingerprint density at radius 1 is 0.677 bits per heavy atom. The molecule has 0 radical (unpaired) electrons. The first kappa shape index (κ1) is 32.2. The Hall–Kier alpha value is -0.970. The van der Waals surface area contributed by atoms with Gasteiger partial charge in [0.25, 0.3) is 5.50 Å².